The third kappa shape index (κ3) is 5.34. The van der Waals surface area contributed by atoms with Gasteiger partial charge in [0.1, 0.15) is 0 Å². The highest BCUT2D eigenvalue weighted by atomic mass is 35.5. The highest BCUT2D eigenvalue weighted by molar-refractivity contribution is 6.36. The van der Waals surface area contributed by atoms with E-state index in [0.717, 1.165) is 22.6 Å². The maximum Gasteiger partial charge on any atom is 0.329 e. The minimum absolute atomic E-state index is 0.499. The molecule has 0 aliphatic heterocycles. The first-order chi connectivity index (χ1) is 12.5. The summed E-state index contributed by atoms with van der Waals surface area (Å²) in [5, 5.41) is 7.54. The fourth-order valence-corrected chi connectivity index (χ4v) is 3.05. The molecule has 2 rings (SSSR count). The van der Waals surface area contributed by atoms with E-state index in [1.807, 2.05) is 30.5 Å². The first kappa shape index (κ1) is 21.0. The summed E-state index contributed by atoms with van der Waals surface area (Å²) >= 11 is 12.3. The summed E-state index contributed by atoms with van der Waals surface area (Å²) in [5.41, 5.74) is 5.14. The summed E-state index contributed by atoms with van der Waals surface area (Å²) in [6.07, 6.45) is 1.49. The molecule has 6 nitrogen and oxygen atoms in total. The number of aromatic nitrogens is 1. The van der Waals surface area contributed by atoms with E-state index in [1.165, 1.54) is 6.21 Å². The summed E-state index contributed by atoms with van der Waals surface area (Å²) in [4.78, 5) is 23.5. The predicted octanol–water partition coefficient (Wildman–Crippen LogP) is 3.77. The van der Waals surface area contributed by atoms with E-state index in [2.05, 4.69) is 15.8 Å². The monoisotopic (exact) mass is 408 g/mol. The van der Waals surface area contributed by atoms with Gasteiger partial charge in [0.2, 0.25) is 0 Å². The highest BCUT2D eigenvalue weighted by Gasteiger charge is 2.19. The van der Waals surface area contributed by atoms with Gasteiger partial charge in [0.15, 0.2) is 0 Å². The third-order valence-corrected chi connectivity index (χ3v) is 4.22. The lowest BCUT2D eigenvalue weighted by atomic mass is 10.1. The largest absolute Gasteiger partial charge is 0.343 e. The Hall–Kier alpha value is -2.31. The summed E-state index contributed by atoms with van der Waals surface area (Å²) in [6, 6.07) is 7.19. The lowest BCUT2D eigenvalue weighted by Gasteiger charge is -2.19. The number of aryl methyl sites for hydroxylation is 1. The summed E-state index contributed by atoms with van der Waals surface area (Å²) in [5.74, 6) is -1.56. The van der Waals surface area contributed by atoms with Gasteiger partial charge in [-0.25, -0.2) is 5.43 Å². The molecule has 27 heavy (non-hydrogen) atoms. The molecule has 0 bridgehead atoms. The van der Waals surface area contributed by atoms with Crippen molar-refractivity contribution in [2.75, 3.05) is 0 Å². The molecular formula is C19H22Cl2N4O2. The second kappa shape index (κ2) is 8.15. The molecule has 0 radical (unpaired) electrons. The Labute approximate surface area is 168 Å². The van der Waals surface area contributed by atoms with Crippen LogP contribution in [0.15, 0.2) is 29.4 Å². The van der Waals surface area contributed by atoms with Gasteiger partial charge in [0, 0.05) is 27.5 Å². The van der Waals surface area contributed by atoms with Crippen LogP contribution in [0.25, 0.3) is 5.69 Å². The van der Waals surface area contributed by atoms with Gasteiger partial charge in [-0.2, -0.15) is 5.10 Å². The zero-order valence-corrected chi connectivity index (χ0v) is 17.4. The number of nitrogens with zero attached hydrogens (tertiary/aromatic N) is 2. The van der Waals surface area contributed by atoms with Crippen LogP contribution in [0.5, 0.6) is 0 Å². The Morgan fingerprint density at radius 2 is 1.78 bits per heavy atom. The second-order valence-corrected chi connectivity index (χ2v) is 8.00. The number of amides is 2. The van der Waals surface area contributed by atoms with Gasteiger partial charge in [-0.15, -0.1) is 0 Å². The molecule has 1 aromatic heterocycles. The number of nitrogens with one attached hydrogen (secondary N) is 2. The second-order valence-electron chi connectivity index (χ2n) is 7.16. The number of carbonyl (C=O) groups excluding carboxylic acids is 2. The van der Waals surface area contributed by atoms with Crippen LogP contribution in [0.4, 0.5) is 0 Å². The van der Waals surface area contributed by atoms with Crippen LogP contribution in [0.2, 0.25) is 10.0 Å². The molecule has 0 atom stereocenters. The van der Waals surface area contributed by atoms with Crippen molar-refractivity contribution in [3.63, 3.8) is 0 Å². The lowest BCUT2D eigenvalue weighted by molar-refractivity contribution is -0.140. The molecule has 0 aliphatic rings. The minimum atomic E-state index is -0.823. The average Bonchev–Trinajstić information content (AvgIpc) is 2.80. The van der Waals surface area contributed by atoms with Crippen LogP contribution in [-0.2, 0) is 9.59 Å². The van der Waals surface area contributed by atoms with Gasteiger partial charge in [0.25, 0.3) is 0 Å². The van der Waals surface area contributed by atoms with Gasteiger partial charge < -0.3 is 9.88 Å². The Morgan fingerprint density at radius 1 is 1.11 bits per heavy atom. The fraction of sp³-hybridized carbons (Fsp3) is 0.316. The smallest absolute Gasteiger partial charge is 0.329 e. The van der Waals surface area contributed by atoms with Crippen LogP contribution in [0.1, 0.15) is 37.7 Å². The lowest BCUT2D eigenvalue weighted by Crippen LogP contribution is -2.47. The summed E-state index contributed by atoms with van der Waals surface area (Å²) < 4.78 is 1.97. The van der Waals surface area contributed by atoms with Crippen LogP contribution >= 0.6 is 23.2 Å². The molecule has 8 heteroatoms. The van der Waals surface area contributed by atoms with Crippen LogP contribution in [-0.4, -0.2) is 28.1 Å². The standard InChI is InChI=1S/C19H22Cl2N4O2/c1-11-8-13(10-22-24-18(27)17(26)23-19(3,4)5)12(2)25(11)16-7-6-14(20)9-15(16)21/h6-10H,1-5H3,(H,23,26)(H,24,27)/b22-10+. The van der Waals surface area contributed by atoms with Crippen LogP contribution in [0, 0.1) is 13.8 Å². The zero-order valence-electron chi connectivity index (χ0n) is 15.9. The average molecular weight is 409 g/mol. The number of hydrogen-bond acceptors (Lipinski definition) is 3. The molecule has 2 aromatic rings. The van der Waals surface area contributed by atoms with Gasteiger partial charge in [-0.3, -0.25) is 9.59 Å². The van der Waals surface area contributed by atoms with E-state index in [0.29, 0.717) is 10.0 Å². The van der Waals surface area contributed by atoms with E-state index >= 15 is 0 Å². The normalized spacial score (nSPS) is 11.7. The van der Waals surface area contributed by atoms with Crippen molar-refractivity contribution in [3.8, 4) is 5.69 Å². The van der Waals surface area contributed by atoms with Crippen LogP contribution < -0.4 is 10.7 Å². The molecule has 1 aromatic carbocycles. The van der Waals surface area contributed by atoms with Crippen molar-refractivity contribution in [2.45, 2.75) is 40.2 Å². The summed E-state index contributed by atoms with van der Waals surface area (Å²) in [6.45, 7) is 9.21. The van der Waals surface area contributed by atoms with Gasteiger partial charge in [-0.1, -0.05) is 23.2 Å². The molecule has 0 saturated carbocycles. The zero-order chi connectivity index (χ0) is 20.4. The number of benzene rings is 1. The van der Waals surface area contributed by atoms with Gasteiger partial charge >= 0.3 is 11.8 Å². The van der Waals surface area contributed by atoms with E-state index in [4.69, 9.17) is 23.2 Å². The molecule has 0 unspecified atom stereocenters. The maximum absolute atomic E-state index is 11.8. The van der Waals surface area contributed by atoms with Crippen molar-refractivity contribution < 1.29 is 9.59 Å². The first-order valence-electron chi connectivity index (χ1n) is 8.29. The number of carbonyl (C=O) groups is 2. The number of hydrogen-bond donors (Lipinski definition) is 2. The maximum atomic E-state index is 11.8. The van der Waals surface area contributed by atoms with E-state index in [9.17, 15) is 9.59 Å². The Bertz CT molecular complexity index is 911. The Morgan fingerprint density at radius 3 is 2.37 bits per heavy atom. The quantitative estimate of drug-likeness (QED) is 0.460. The SMILES string of the molecule is Cc1cc(/C=N/NC(=O)C(=O)NC(C)(C)C)c(C)n1-c1ccc(Cl)cc1Cl. The van der Waals surface area contributed by atoms with Crippen molar-refractivity contribution in [1.29, 1.82) is 0 Å². The van der Waals surface area contributed by atoms with Crippen LogP contribution in [0.3, 0.4) is 0 Å². The van der Waals surface area contributed by atoms with Gasteiger partial charge in [-0.05, 0) is 58.9 Å². The number of hydrazone groups is 1. The van der Waals surface area contributed by atoms with Crippen molar-refractivity contribution >= 4 is 41.2 Å². The predicted molar refractivity (Wildman–Crippen MR) is 109 cm³/mol. The molecule has 1 heterocycles. The molecule has 0 saturated heterocycles. The molecule has 2 amide bonds. The molecular weight excluding hydrogens is 387 g/mol. The third-order valence-electron chi connectivity index (χ3n) is 3.69. The summed E-state index contributed by atoms with van der Waals surface area (Å²) in [7, 11) is 0. The first-order valence-corrected chi connectivity index (χ1v) is 9.05. The Kier molecular flexibility index (Phi) is 6.34. The van der Waals surface area contributed by atoms with Crippen molar-refractivity contribution in [2.24, 2.45) is 5.10 Å². The fourth-order valence-electron chi connectivity index (χ4n) is 2.56. The number of halogens is 2. The highest BCUT2D eigenvalue weighted by Crippen LogP contribution is 2.28. The van der Waals surface area contributed by atoms with Gasteiger partial charge in [0.05, 0.1) is 16.9 Å². The number of rotatable bonds is 3. The molecule has 0 fully saturated rings. The molecule has 144 valence electrons. The molecule has 0 aliphatic carbocycles. The topological polar surface area (TPSA) is 75.5 Å². The van der Waals surface area contributed by atoms with E-state index in [-0.39, 0.29) is 0 Å². The minimum Gasteiger partial charge on any atom is -0.343 e. The van der Waals surface area contributed by atoms with E-state index < -0.39 is 17.4 Å². The van der Waals surface area contributed by atoms with E-state index in [1.54, 1.807) is 32.9 Å². The van der Waals surface area contributed by atoms with Crippen molar-refractivity contribution in [3.05, 3.63) is 51.3 Å². The van der Waals surface area contributed by atoms with Crippen molar-refractivity contribution in [1.82, 2.24) is 15.3 Å². The Balaban J connectivity index is 2.18. The molecule has 2 N–H and O–H groups in total. The molecule has 0 spiro atoms.